The minimum absolute atomic E-state index is 0.0324. The van der Waals surface area contributed by atoms with E-state index in [4.69, 9.17) is 4.74 Å². The van der Waals surface area contributed by atoms with Crippen molar-refractivity contribution in [1.29, 1.82) is 0 Å². The van der Waals surface area contributed by atoms with Gasteiger partial charge in [-0.05, 0) is 44.0 Å². The van der Waals surface area contributed by atoms with Crippen LogP contribution >= 0.6 is 11.3 Å². The molecule has 0 saturated carbocycles. The second kappa shape index (κ2) is 9.57. The van der Waals surface area contributed by atoms with Gasteiger partial charge in [0.15, 0.2) is 0 Å². The third-order valence-corrected chi connectivity index (χ3v) is 7.40. The summed E-state index contributed by atoms with van der Waals surface area (Å²) >= 11 is 1.72. The van der Waals surface area contributed by atoms with E-state index in [1.807, 2.05) is 54.3 Å². The fraction of sp³-hybridized carbons (Fsp3) is 0.440. The van der Waals surface area contributed by atoms with Crippen LogP contribution in [0.4, 0.5) is 5.69 Å². The summed E-state index contributed by atoms with van der Waals surface area (Å²) < 4.78 is 7.17. The Balaban J connectivity index is 1.04. The summed E-state index contributed by atoms with van der Waals surface area (Å²) in [5.74, 6) is 1.15. The zero-order valence-electron chi connectivity index (χ0n) is 18.6. The molecule has 3 aromatic rings. The van der Waals surface area contributed by atoms with Crippen LogP contribution in [0.1, 0.15) is 17.8 Å². The Labute approximate surface area is 193 Å². The smallest absolute Gasteiger partial charge is 0.244 e. The van der Waals surface area contributed by atoms with Gasteiger partial charge in [-0.15, -0.1) is 11.3 Å². The van der Waals surface area contributed by atoms with Crippen LogP contribution in [-0.2, 0) is 4.79 Å². The minimum Gasteiger partial charge on any atom is -0.493 e. The van der Waals surface area contributed by atoms with Gasteiger partial charge in [-0.2, -0.15) is 0 Å². The summed E-state index contributed by atoms with van der Waals surface area (Å²) in [6.45, 7) is 8.53. The predicted molar refractivity (Wildman–Crippen MR) is 130 cm³/mol. The van der Waals surface area contributed by atoms with Gasteiger partial charge in [-0.1, -0.05) is 18.2 Å². The lowest BCUT2D eigenvalue weighted by Gasteiger charge is -2.37. The molecule has 0 spiro atoms. The van der Waals surface area contributed by atoms with Gasteiger partial charge in [0.25, 0.3) is 0 Å². The second-order valence-electron chi connectivity index (χ2n) is 8.57. The van der Waals surface area contributed by atoms with Crippen LogP contribution in [0.15, 0.2) is 48.5 Å². The van der Waals surface area contributed by atoms with Crippen LogP contribution in [0.5, 0.6) is 5.75 Å². The zero-order valence-corrected chi connectivity index (χ0v) is 19.4. The average Bonchev–Trinajstić information content (AvgIpc) is 3.39. The molecule has 1 unspecified atom stereocenters. The first-order chi connectivity index (χ1) is 15.7. The van der Waals surface area contributed by atoms with E-state index in [9.17, 15) is 4.79 Å². The number of anilines is 1. The van der Waals surface area contributed by atoms with E-state index in [0.717, 1.165) is 74.1 Å². The van der Waals surface area contributed by atoms with Gasteiger partial charge in [0.1, 0.15) is 5.75 Å². The monoisotopic (exact) mass is 450 g/mol. The third kappa shape index (κ3) is 4.65. The molecular formula is C25H30N4O2S. The highest BCUT2D eigenvalue weighted by Crippen LogP contribution is 2.26. The molecule has 0 bridgehead atoms. The number of para-hydroxylation sites is 1. The minimum atomic E-state index is 0.0324. The summed E-state index contributed by atoms with van der Waals surface area (Å²) in [5, 5.41) is 1.09. The number of ether oxygens (including phenoxy) is 1. The molecular weight excluding hydrogens is 420 g/mol. The Bertz CT molecular complexity index is 1060. The van der Waals surface area contributed by atoms with Gasteiger partial charge >= 0.3 is 0 Å². The molecule has 6 nitrogen and oxygen atoms in total. The van der Waals surface area contributed by atoms with Crippen LogP contribution in [0.3, 0.4) is 0 Å². The van der Waals surface area contributed by atoms with Crippen LogP contribution in [0, 0.1) is 6.92 Å². The number of aromatic nitrogens is 1. The lowest BCUT2D eigenvalue weighted by atomic mass is 10.1. The van der Waals surface area contributed by atoms with E-state index < -0.39 is 0 Å². The largest absolute Gasteiger partial charge is 0.493 e. The number of carbonyl (C=O) groups is 1. The normalized spacial score (nSPS) is 20.3. The molecule has 1 aromatic heterocycles. The maximum absolute atomic E-state index is 13.0. The first-order valence-electron chi connectivity index (χ1n) is 11.5. The Hall–Kier alpha value is -2.48. The van der Waals surface area contributed by atoms with E-state index in [0.29, 0.717) is 6.61 Å². The lowest BCUT2D eigenvalue weighted by Crippen LogP contribution is -2.52. The molecule has 7 heteroatoms. The molecule has 32 heavy (non-hydrogen) atoms. The van der Waals surface area contributed by atoms with Crippen molar-refractivity contribution in [3.63, 3.8) is 0 Å². The SMILES string of the molecule is Cc1nc2cc(OCCCN3CCN(C4CCN(c5ccccc5)C4=O)CC3)ccc2s1. The molecule has 2 aromatic carbocycles. The molecule has 1 amide bonds. The van der Waals surface area contributed by atoms with Crippen LogP contribution in [0.25, 0.3) is 10.2 Å². The summed E-state index contributed by atoms with van der Waals surface area (Å²) in [6.07, 6.45) is 1.92. The lowest BCUT2D eigenvalue weighted by molar-refractivity contribution is -0.122. The maximum atomic E-state index is 13.0. The van der Waals surface area contributed by atoms with Gasteiger partial charge in [-0.25, -0.2) is 4.98 Å². The average molecular weight is 451 g/mol. The number of fused-ring (bicyclic) bond motifs is 1. The molecule has 0 aliphatic carbocycles. The Kier molecular flexibility index (Phi) is 6.39. The van der Waals surface area contributed by atoms with Gasteiger partial charge in [0, 0.05) is 51.0 Å². The van der Waals surface area contributed by atoms with Gasteiger partial charge in [-0.3, -0.25) is 9.69 Å². The van der Waals surface area contributed by atoms with E-state index >= 15 is 0 Å². The van der Waals surface area contributed by atoms with Crippen molar-refractivity contribution in [3.8, 4) is 5.75 Å². The molecule has 3 heterocycles. The third-order valence-electron chi connectivity index (χ3n) is 6.45. The molecule has 168 valence electrons. The first kappa shape index (κ1) is 21.4. The fourth-order valence-corrected chi connectivity index (χ4v) is 5.56. The number of amides is 1. The van der Waals surface area contributed by atoms with Crippen molar-refractivity contribution in [2.45, 2.75) is 25.8 Å². The van der Waals surface area contributed by atoms with Crippen molar-refractivity contribution < 1.29 is 9.53 Å². The maximum Gasteiger partial charge on any atom is 0.244 e. The summed E-state index contributed by atoms with van der Waals surface area (Å²) in [7, 11) is 0. The number of hydrogen-bond acceptors (Lipinski definition) is 6. The van der Waals surface area contributed by atoms with Crippen molar-refractivity contribution in [1.82, 2.24) is 14.8 Å². The van der Waals surface area contributed by atoms with Crippen LogP contribution < -0.4 is 9.64 Å². The molecule has 1 atom stereocenters. The molecule has 2 aliphatic rings. The second-order valence-corrected chi connectivity index (χ2v) is 9.81. The number of benzene rings is 2. The van der Waals surface area contributed by atoms with E-state index in [-0.39, 0.29) is 11.9 Å². The molecule has 0 N–H and O–H groups in total. The van der Waals surface area contributed by atoms with Crippen LogP contribution in [0.2, 0.25) is 0 Å². The zero-order chi connectivity index (χ0) is 21.9. The highest BCUT2D eigenvalue weighted by molar-refractivity contribution is 7.18. The number of piperazine rings is 1. The van der Waals surface area contributed by atoms with Crippen molar-refractivity contribution in [2.75, 3.05) is 50.8 Å². The number of thiazole rings is 1. The van der Waals surface area contributed by atoms with E-state index in [1.165, 1.54) is 4.70 Å². The Morgan fingerprint density at radius 2 is 1.88 bits per heavy atom. The van der Waals surface area contributed by atoms with E-state index in [2.05, 4.69) is 20.9 Å². The molecule has 2 aliphatic heterocycles. The van der Waals surface area contributed by atoms with Crippen molar-refractivity contribution in [2.24, 2.45) is 0 Å². The molecule has 5 rings (SSSR count). The Morgan fingerprint density at radius 1 is 1.06 bits per heavy atom. The van der Waals surface area contributed by atoms with E-state index in [1.54, 1.807) is 11.3 Å². The quantitative estimate of drug-likeness (QED) is 0.513. The highest BCUT2D eigenvalue weighted by atomic mass is 32.1. The topological polar surface area (TPSA) is 48.9 Å². The number of hydrogen-bond donors (Lipinski definition) is 0. The number of nitrogens with zero attached hydrogens (tertiary/aromatic N) is 4. The number of rotatable bonds is 7. The van der Waals surface area contributed by atoms with Crippen LogP contribution in [-0.4, -0.2) is 72.6 Å². The van der Waals surface area contributed by atoms with Gasteiger partial charge in [0.05, 0.1) is 27.9 Å². The number of aryl methyl sites for hydroxylation is 1. The summed E-state index contributed by atoms with van der Waals surface area (Å²) in [4.78, 5) is 24.3. The van der Waals surface area contributed by atoms with Crippen molar-refractivity contribution >= 4 is 33.1 Å². The van der Waals surface area contributed by atoms with Gasteiger partial charge < -0.3 is 14.5 Å². The molecule has 2 saturated heterocycles. The summed E-state index contributed by atoms with van der Waals surface area (Å²) in [6, 6.07) is 16.2. The fourth-order valence-electron chi connectivity index (χ4n) is 4.76. The molecule has 2 fully saturated rings. The highest BCUT2D eigenvalue weighted by Gasteiger charge is 2.37. The van der Waals surface area contributed by atoms with Crippen molar-refractivity contribution in [3.05, 3.63) is 53.5 Å². The summed E-state index contributed by atoms with van der Waals surface area (Å²) in [5.41, 5.74) is 2.04. The molecule has 0 radical (unpaired) electrons. The first-order valence-corrected chi connectivity index (χ1v) is 12.3. The standard InChI is InChI=1S/C25H30N4O2S/c1-19-26-22-18-21(8-9-24(22)32-19)31-17-5-11-27-13-15-28(16-14-27)23-10-12-29(25(23)30)20-6-3-2-4-7-20/h2-4,6-9,18,23H,5,10-17H2,1H3. The number of carbonyl (C=O) groups excluding carboxylic acids is 1. The Morgan fingerprint density at radius 3 is 2.69 bits per heavy atom. The predicted octanol–water partition coefficient (Wildman–Crippen LogP) is 3.80. The van der Waals surface area contributed by atoms with Gasteiger partial charge in [0.2, 0.25) is 5.91 Å².